The summed E-state index contributed by atoms with van der Waals surface area (Å²) in [6.07, 6.45) is 1.53. The van der Waals surface area contributed by atoms with Crippen molar-refractivity contribution in [2.75, 3.05) is 31.8 Å². The molecule has 1 aromatic heterocycles. The molecule has 0 fully saturated rings. The molecule has 0 aliphatic heterocycles. The Morgan fingerprint density at radius 1 is 1.06 bits per heavy atom. The minimum Gasteiger partial charge on any atom is -0.497 e. The SMILES string of the molecule is C=C(Nc1ccc(Cl)cn1)c1cc(OC)ccc1NC(=O)c1ccc(C(=N)N(C)C)cc1. The first kappa shape index (κ1) is 22.8. The third kappa shape index (κ3) is 5.44. The predicted molar refractivity (Wildman–Crippen MR) is 130 cm³/mol. The van der Waals surface area contributed by atoms with Crippen molar-refractivity contribution >= 4 is 40.5 Å². The van der Waals surface area contributed by atoms with Crippen LogP contribution in [-0.2, 0) is 0 Å². The lowest BCUT2D eigenvalue weighted by Gasteiger charge is -2.16. The summed E-state index contributed by atoms with van der Waals surface area (Å²) >= 11 is 5.90. The molecule has 0 radical (unpaired) electrons. The first-order chi connectivity index (χ1) is 15.3. The van der Waals surface area contributed by atoms with Gasteiger partial charge in [-0.25, -0.2) is 4.98 Å². The van der Waals surface area contributed by atoms with Gasteiger partial charge in [-0.1, -0.05) is 30.3 Å². The lowest BCUT2D eigenvalue weighted by atomic mass is 10.1. The van der Waals surface area contributed by atoms with E-state index in [0.717, 1.165) is 5.56 Å². The third-order valence-corrected chi connectivity index (χ3v) is 4.90. The van der Waals surface area contributed by atoms with E-state index in [1.54, 1.807) is 80.7 Å². The summed E-state index contributed by atoms with van der Waals surface area (Å²) in [7, 11) is 5.17. The number of hydrogen-bond acceptors (Lipinski definition) is 5. The molecule has 0 saturated heterocycles. The number of pyridine rings is 1. The quantitative estimate of drug-likeness (QED) is 0.350. The Bertz CT molecular complexity index is 1140. The van der Waals surface area contributed by atoms with E-state index in [4.69, 9.17) is 21.7 Å². The van der Waals surface area contributed by atoms with E-state index >= 15 is 0 Å². The van der Waals surface area contributed by atoms with Gasteiger partial charge in [0.15, 0.2) is 0 Å². The molecule has 1 heterocycles. The molecule has 164 valence electrons. The highest BCUT2D eigenvalue weighted by Gasteiger charge is 2.14. The van der Waals surface area contributed by atoms with E-state index in [1.807, 2.05) is 0 Å². The van der Waals surface area contributed by atoms with Crippen LogP contribution >= 0.6 is 11.6 Å². The largest absolute Gasteiger partial charge is 0.497 e. The van der Waals surface area contributed by atoms with Gasteiger partial charge in [0.1, 0.15) is 17.4 Å². The number of benzene rings is 2. The van der Waals surface area contributed by atoms with Crippen LogP contribution < -0.4 is 15.4 Å². The number of halogens is 1. The molecule has 1 amide bonds. The number of rotatable bonds is 7. The van der Waals surface area contributed by atoms with Crippen LogP contribution in [0.2, 0.25) is 5.02 Å². The van der Waals surface area contributed by atoms with Gasteiger partial charge in [-0.05, 0) is 42.5 Å². The van der Waals surface area contributed by atoms with Gasteiger partial charge in [0.05, 0.1) is 17.8 Å². The first-order valence-corrected chi connectivity index (χ1v) is 10.1. The number of methoxy groups -OCH3 is 1. The second kappa shape index (κ2) is 9.98. The number of ether oxygens (including phenoxy) is 1. The molecule has 3 N–H and O–H groups in total. The highest BCUT2D eigenvalue weighted by Crippen LogP contribution is 2.29. The van der Waals surface area contributed by atoms with Gasteiger partial charge < -0.3 is 20.3 Å². The molecule has 8 heteroatoms. The Morgan fingerprint density at radius 2 is 1.75 bits per heavy atom. The summed E-state index contributed by atoms with van der Waals surface area (Å²) in [5.74, 6) is 1.28. The summed E-state index contributed by atoms with van der Waals surface area (Å²) in [5.41, 5.74) is 2.95. The van der Waals surface area contributed by atoms with Gasteiger partial charge in [-0.3, -0.25) is 10.2 Å². The Balaban J connectivity index is 1.82. The summed E-state index contributed by atoms with van der Waals surface area (Å²) in [4.78, 5) is 18.8. The van der Waals surface area contributed by atoms with Crippen molar-refractivity contribution in [3.63, 3.8) is 0 Å². The number of amides is 1. The molecule has 0 aliphatic rings. The van der Waals surface area contributed by atoms with Gasteiger partial charge >= 0.3 is 0 Å². The molecular weight excluding hydrogens is 426 g/mol. The van der Waals surface area contributed by atoms with Crippen LogP contribution in [0.1, 0.15) is 21.5 Å². The molecule has 0 aliphatic carbocycles. The minimum atomic E-state index is -0.281. The maximum Gasteiger partial charge on any atom is 0.255 e. The number of amidine groups is 1. The molecule has 0 spiro atoms. The van der Waals surface area contributed by atoms with Crippen LogP contribution in [0.3, 0.4) is 0 Å². The Kier molecular flexibility index (Phi) is 7.12. The second-order valence-electron chi connectivity index (χ2n) is 7.15. The van der Waals surface area contributed by atoms with Crippen molar-refractivity contribution in [2.45, 2.75) is 0 Å². The zero-order valence-corrected chi connectivity index (χ0v) is 18.8. The van der Waals surface area contributed by atoms with E-state index in [1.165, 1.54) is 6.20 Å². The van der Waals surface area contributed by atoms with Gasteiger partial charge in [-0.2, -0.15) is 0 Å². The molecule has 0 atom stereocenters. The summed E-state index contributed by atoms with van der Waals surface area (Å²) in [6.45, 7) is 4.09. The van der Waals surface area contributed by atoms with Crippen molar-refractivity contribution < 1.29 is 9.53 Å². The fourth-order valence-corrected chi connectivity index (χ4v) is 3.02. The molecule has 2 aromatic carbocycles. The van der Waals surface area contributed by atoms with Crippen molar-refractivity contribution in [3.05, 3.63) is 89.1 Å². The number of hydrogen-bond donors (Lipinski definition) is 3. The molecule has 3 aromatic rings. The molecule has 0 saturated carbocycles. The van der Waals surface area contributed by atoms with E-state index in [-0.39, 0.29) is 5.91 Å². The topological polar surface area (TPSA) is 90.3 Å². The zero-order valence-electron chi connectivity index (χ0n) is 18.1. The number of nitrogens with one attached hydrogen (secondary N) is 3. The molecule has 0 unspecified atom stereocenters. The number of aromatic nitrogens is 1. The Morgan fingerprint density at radius 3 is 2.34 bits per heavy atom. The van der Waals surface area contributed by atoms with Gasteiger partial charge in [0.2, 0.25) is 0 Å². The molecule has 32 heavy (non-hydrogen) atoms. The van der Waals surface area contributed by atoms with E-state index in [9.17, 15) is 4.79 Å². The summed E-state index contributed by atoms with van der Waals surface area (Å²) < 4.78 is 5.33. The number of anilines is 2. The highest BCUT2D eigenvalue weighted by atomic mass is 35.5. The van der Waals surface area contributed by atoms with E-state index in [2.05, 4.69) is 22.2 Å². The van der Waals surface area contributed by atoms with Crippen molar-refractivity contribution in [3.8, 4) is 5.75 Å². The highest BCUT2D eigenvalue weighted by molar-refractivity contribution is 6.30. The average molecular weight is 450 g/mol. The smallest absolute Gasteiger partial charge is 0.255 e. The standard InChI is InChI=1S/C24H24ClN5O2/c1-15(28-22-12-9-18(25)14-27-22)20-13-19(32-4)10-11-21(20)29-24(31)17-7-5-16(6-8-17)23(26)30(2)3/h5-14,26H,1H2,2-4H3,(H,27,28)(H,29,31). The monoisotopic (exact) mass is 449 g/mol. The fraction of sp³-hybridized carbons (Fsp3) is 0.125. The van der Waals surface area contributed by atoms with Crippen LogP contribution in [0.25, 0.3) is 5.70 Å². The molecular formula is C24H24ClN5O2. The average Bonchev–Trinajstić information content (AvgIpc) is 2.80. The van der Waals surface area contributed by atoms with Crippen molar-refractivity contribution in [1.29, 1.82) is 5.41 Å². The maximum atomic E-state index is 12.9. The molecule has 7 nitrogen and oxygen atoms in total. The first-order valence-electron chi connectivity index (χ1n) is 9.72. The number of carbonyl (C=O) groups excluding carboxylic acids is 1. The molecule has 0 bridgehead atoms. The molecule has 3 rings (SSSR count). The number of carbonyl (C=O) groups is 1. The van der Waals surface area contributed by atoms with Gasteiger partial charge in [-0.15, -0.1) is 0 Å². The second-order valence-corrected chi connectivity index (χ2v) is 7.59. The normalized spacial score (nSPS) is 10.2. The van der Waals surface area contributed by atoms with Crippen LogP contribution in [0.4, 0.5) is 11.5 Å². The lowest BCUT2D eigenvalue weighted by molar-refractivity contribution is 0.102. The van der Waals surface area contributed by atoms with Crippen LogP contribution in [0.5, 0.6) is 5.75 Å². The van der Waals surface area contributed by atoms with E-state index < -0.39 is 0 Å². The third-order valence-electron chi connectivity index (χ3n) is 4.67. The van der Waals surface area contributed by atoms with Crippen molar-refractivity contribution in [1.82, 2.24) is 9.88 Å². The zero-order chi connectivity index (χ0) is 23.3. The van der Waals surface area contributed by atoms with Gasteiger partial charge in [0, 0.05) is 42.7 Å². The van der Waals surface area contributed by atoms with Gasteiger partial charge in [0.25, 0.3) is 5.91 Å². The number of nitrogens with zero attached hydrogens (tertiary/aromatic N) is 2. The van der Waals surface area contributed by atoms with Crippen LogP contribution in [-0.4, -0.2) is 42.8 Å². The summed E-state index contributed by atoms with van der Waals surface area (Å²) in [6, 6.07) is 15.6. The van der Waals surface area contributed by atoms with Crippen LogP contribution in [0, 0.1) is 5.41 Å². The Hall–Kier alpha value is -3.84. The Labute approximate surface area is 192 Å². The fourth-order valence-electron chi connectivity index (χ4n) is 2.91. The van der Waals surface area contributed by atoms with Crippen molar-refractivity contribution in [2.24, 2.45) is 0 Å². The predicted octanol–water partition coefficient (Wildman–Crippen LogP) is 4.97. The summed E-state index contributed by atoms with van der Waals surface area (Å²) in [5, 5.41) is 14.6. The minimum absolute atomic E-state index is 0.281. The van der Waals surface area contributed by atoms with E-state index in [0.29, 0.717) is 44.9 Å². The maximum absolute atomic E-state index is 12.9. The lowest BCUT2D eigenvalue weighted by Crippen LogP contribution is -2.22. The van der Waals surface area contributed by atoms with Crippen LogP contribution in [0.15, 0.2) is 67.4 Å².